The maximum atomic E-state index is 13.5. The molecule has 0 aliphatic rings. The second kappa shape index (κ2) is 13.5. The van der Waals surface area contributed by atoms with E-state index in [-0.39, 0.29) is 24.3 Å². The van der Waals surface area contributed by atoms with Gasteiger partial charge >= 0.3 is 0 Å². The van der Waals surface area contributed by atoms with Gasteiger partial charge in [0.1, 0.15) is 11.8 Å². The Balaban J connectivity index is 2.25. The highest BCUT2D eigenvalue weighted by atomic mass is 16.5. The number of hydrogen-bond donors (Lipinski definition) is 1. The van der Waals surface area contributed by atoms with E-state index >= 15 is 0 Å². The topological polar surface area (TPSA) is 77.1 Å². The highest BCUT2D eigenvalue weighted by Crippen LogP contribution is 2.28. The highest BCUT2D eigenvalue weighted by molar-refractivity contribution is 5.88. The van der Waals surface area contributed by atoms with Crippen LogP contribution in [0.1, 0.15) is 51.2 Å². The van der Waals surface area contributed by atoms with E-state index in [2.05, 4.69) is 5.32 Å². The van der Waals surface area contributed by atoms with Crippen LogP contribution >= 0.6 is 0 Å². The van der Waals surface area contributed by atoms with Gasteiger partial charge in [-0.25, -0.2) is 0 Å². The molecule has 0 aliphatic carbocycles. The predicted octanol–water partition coefficient (Wildman–Crippen LogP) is 4.37. The molecule has 1 N–H and O–H groups in total. The van der Waals surface area contributed by atoms with Crippen molar-refractivity contribution >= 4 is 11.8 Å². The van der Waals surface area contributed by atoms with E-state index in [1.54, 1.807) is 26.2 Å². The first kappa shape index (κ1) is 27.0. The van der Waals surface area contributed by atoms with E-state index in [4.69, 9.17) is 14.2 Å². The molecule has 0 unspecified atom stereocenters. The van der Waals surface area contributed by atoms with E-state index in [1.165, 1.54) is 0 Å². The molecule has 2 aromatic rings. The largest absolute Gasteiger partial charge is 0.497 e. The van der Waals surface area contributed by atoms with E-state index in [0.717, 1.165) is 17.5 Å². The number of methoxy groups -OCH3 is 3. The van der Waals surface area contributed by atoms with Gasteiger partial charge in [0, 0.05) is 19.0 Å². The summed E-state index contributed by atoms with van der Waals surface area (Å²) in [7, 11) is 4.79. The van der Waals surface area contributed by atoms with Gasteiger partial charge in [0.05, 0.1) is 21.3 Å². The number of rotatable bonds is 13. The van der Waals surface area contributed by atoms with Crippen molar-refractivity contribution in [2.24, 2.45) is 0 Å². The number of hydrogen-bond acceptors (Lipinski definition) is 5. The van der Waals surface area contributed by atoms with Crippen LogP contribution in [-0.4, -0.2) is 50.1 Å². The number of nitrogens with zero attached hydrogens (tertiary/aromatic N) is 1. The van der Waals surface area contributed by atoms with Gasteiger partial charge < -0.3 is 24.4 Å². The van der Waals surface area contributed by atoms with Gasteiger partial charge in [-0.2, -0.15) is 0 Å². The Labute approximate surface area is 203 Å². The van der Waals surface area contributed by atoms with Crippen LogP contribution < -0.4 is 19.5 Å². The molecule has 2 atom stereocenters. The lowest BCUT2D eigenvalue weighted by Crippen LogP contribution is -2.50. The van der Waals surface area contributed by atoms with E-state index in [9.17, 15) is 9.59 Å². The van der Waals surface area contributed by atoms with Crippen LogP contribution in [0.3, 0.4) is 0 Å². The molecule has 0 heterocycles. The summed E-state index contributed by atoms with van der Waals surface area (Å²) >= 11 is 0. The molecule has 2 aromatic carbocycles. The Morgan fingerprint density at radius 3 is 2.26 bits per heavy atom. The molecule has 2 rings (SSSR count). The smallest absolute Gasteiger partial charge is 0.243 e. The fraction of sp³-hybridized carbons (Fsp3) is 0.481. The molecule has 7 heteroatoms. The second-order valence-corrected chi connectivity index (χ2v) is 8.30. The fourth-order valence-corrected chi connectivity index (χ4v) is 3.76. The summed E-state index contributed by atoms with van der Waals surface area (Å²) in [4.78, 5) is 28.2. The Morgan fingerprint density at radius 1 is 0.912 bits per heavy atom. The maximum absolute atomic E-state index is 13.5. The predicted molar refractivity (Wildman–Crippen MR) is 133 cm³/mol. The first-order valence-corrected chi connectivity index (χ1v) is 11.8. The lowest BCUT2D eigenvalue weighted by atomic mass is 10.0. The van der Waals surface area contributed by atoms with Crippen molar-refractivity contribution in [3.63, 3.8) is 0 Å². The van der Waals surface area contributed by atoms with Gasteiger partial charge in [-0.05, 0) is 61.6 Å². The molecule has 0 aliphatic heterocycles. The van der Waals surface area contributed by atoms with Crippen molar-refractivity contribution in [3.05, 3.63) is 53.6 Å². The number of benzene rings is 2. The van der Waals surface area contributed by atoms with Crippen molar-refractivity contribution in [1.82, 2.24) is 10.2 Å². The third-order valence-electron chi connectivity index (χ3n) is 5.95. The zero-order valence-electron chi connectivity index (χ0n) is 21.2. The zero-order valence-corrected chi connectivity index (χ0v) is 21.2. The minimum absolute atomic E-state index is 0.0436. The Kier molecular flexibility index (Phi) is 10.7. The number of carbonyl (C=O) groups excluding carboxylic acids is 2. The van der Waals surface area contributed by atoms with Gasteiger partial charge in [0.2, 0.25) is 11.8 Å². The van der Waals surface area contributed by atoms with Gasteiger partial charge in [0.25, 0.3) is 0 Å². The molecule has 0 saturated heterocycles. The van der Waals surface area contributed by atoms with Crippen molar-refractivity contribution in [1.29, 1.82) is 0 Å². The summed E-state index contributed by atoms with van der Waals surface area (Å²) in [5.41, 5.74) is 1.87. The SMILES string of the molecule is CC[C@@H](C)NC(=O)[C@@H](CC)N(Cc1cccc(OC)c1)C(=O)CCc1ccc(OC)c(OC)c1. The molecule has 186 valence electrons. The quantitative estimate of drug-likeness (QED) is 0.471. The summed E-state index contributed by atoms with van der Waals surface area (Å²) in [5.74, 6) is 1.78. The van der Waals surface area contributed by atoms with Gasteiger partial charge in [-0.15, -0.1) is 0 Å². The summed E-state index contributed by atoms with van der Waals surface area (Å²) < 4.78 is 16.0. The summed E-state index contributed by atoms with van der Waals surface area (Å²) in [5, 5.41) is 3.04. The molecule has 0 aromatic heterocycles. The number of amides is 2. The minimum Gasteiger partial charge on any atom is -0.497 e. The number of carbonyl (C=O) groups is 2. The molecule has 7 nitrogen and oxygen atoms in total. The molecule has 0 bridgehead atoms. The number of ether oxygens (including phenoxy) is 3. The second-order valence-electron chi connectivity index (χ2n) is 8.30. The molecule has 2 amide bonds. The zero-order chi connectivity index (χ0) is 25.1. The Bertz CT molecular complexity index is 946. The molecular weight excluding hydrogens is 432 g/mol. The van der Waals surface area contributed by atoms with Crippen LogP contribution in [0.4, 0.5) is 0 Å². The van der Waals surface area contributed by atoms with Crippen molar-refractivity contribution < 1.29 is 23.8 Å². The molecule has 34 heavy (non-hydrogen) atoms. The first-order valence-electron chi connectivity index (χ1n) is 11.8. The number of aryl methyl sites for hydroxylation is 1. The molecule has 0 saturated carbocycles. The monoisotopic (exact) mass is 470 g/mol. The lowest BCUT2D eigenvalue weighted by molar-refractivity contribution is -0.141. The van der Waals surface area contributed by atoms with Gasteiger partial charge in [-0.1, -0.05) is 32.0 Å². The molecule has 0 spiro atoms. The van der Waals surface area contributed by atoms with Crippen LogP contribution in [0.2, 0.25) is 0 Å². The standard InChI is InChI=1S/C27H38N2O5/c1-7-19(3)28-27(31)23(8-2)29(18-21-10-9-11-22(16-21)32-4)26(30)15-13-20-12-14-24(33-5)25(17-20)34-6/h9-12,14,16-17,19,23H,7-8,13,15,18H2,1-6H3,(H,28,31)/t19-,23-/m1/s1. The minimum atomic E-state index is -0.557. The summed E-state index contributed by atoms with van der Waals surface area (Å²) in [6.45, 7) is 6.25. The van der Waals surface area contributed by atoms with Crippen molar-refractivity contribution in [2.45, 2.75) is 65.1 Å². The van der Waals surface area contributed by atoms with Crippen LogP contribution in [-0.2, 0) is 22.6 Å². The molecule has 0 radical (unpaired) electrons. The van der Waals surface area contributed by atoms with Crippen LogP contribution in [0.15, 0.2) is 42.5 Å². The van der Waals surface area contributed by atoms with Crippen LogP contribution in [0.5, 0.6) is 17.2 Å². The first-order chi connectivity index (χ1) is 16.4. The van der Waals surface area contributed by atoms with E-state index < -0.39 is 6.04 Å². The molecular formula is C27H38N2O5. The van der Waals surface area contributed by atoms with Crippen LogP contribution in [0.25, 0.3) is 0 Å². The fourth-order valence-electron chi connectivity index (χ4n) is 3.76. The van der Waals surface area contributed by atoms with Crippen molar-refractivity contribution in [2.75, 3.05) is 21.3 Å². The highest BCUT2D eigenvalue weighted by Gasteiger charge is 2.29. The van der Waals surface area contributed by atoms with Crippen LogP contribution in [0, 0.1) is 0 Å². The summed E-state index contributed by atoms with van der Waals surface area (Å²) in [6.07, 6.45) is 2.14. The average Bonchev–Trinajstić information content (AvgIpc) is 2.86. The average molecular weight is 471 g/mol. The van der Waals surface area contributed by atoms with E-state index in [1.807, 2.05) is 63.2 Å². The Hall–Kier alpha value is -3.22. The van der Waals surface area contributed by atoms with Gasteiger partial charge in [0.15, 0.2) is 11.5 Å². The third kappa shape index (κ3) is 7.40. The Morgan fingerprint density at radius 2 is 1.65 bits per heavy atom. The molecule has 0 fully saturated rings. The summed E-state index contributed by atoms with van der Waals surface area (Å²) in [6, 6.07) is 12.7. The third-order valence-corrected chi connectivity index (χ3v) is 5.95. The van der Waals surface area contributed by atoms with Crippen molar-refractivity contribution in [3.8, 4) is 17.2 Å². The lowest BCUT2D eigenvalue weighted by Gasteiger charge is -2.31. The maximum Gasteiger partial charge on any atom is 0.243 e. The normalized spacial score (nSPS) is 12.4. The van der Waals surface area contributed by atoms with E-state index in [0.29, 0.717) is 36.6 Å². The van der Waals surface area contributed by atoms with Gasteiger partial charge in [-0.3, -0.25) is 9.59 Å². The number of nitrogens with one attached hydrogen (secondary N) is 1.